The first-order chi connectivity index (χ1) is 16.1. The topological polar surface area (TPSA) is 79.0 Å². The molecule has 1 saturated heterocycles. The van der Waals surface area contributed by atoms with Gasteiger partial charge in [0.25, 0.3) is 11.8 Å². The van der Waals surface area contributed by atoms with Crippen LogP contribution in [0.25, 0.3) is 0 Å². The second-order valence-electron chi connectivity index (χ2n) is 8.09. The highest BCUT2D eigenvalue weighted by atomic mass is 16.5. The molecule has 1 fully saturated rings. The molecule has 2 heterocycles. The molecule has 33 heavy (non-hydrogen) atoms. The van der Waals surface area contributed by atoms with Gasteiger partial charge in [-0.05, 0) is 29.8 Å². The summed E-state index contributed by atoms with van der Waals surface area (Å²) < 4.78 is 5.39. The zero-order chi connectivity index (χ0) is 23.0. The van der Waals surface area contributed by atoms with E-state index >= 15 is 0 Å². The molecule has 1 N–H and O–H groups in total. The molecule has 0 unspecified atom stereocenters. The van der Waals surface area contributed by atoms with Crippen LogP contribution in [0.15, 0.2) is 78.9 Å². The second kappa shape index (κ2) is 8.09. The Morgan fingerprint density at radius 2 is 1.67 bits per heavy atom. The highest BCUT2D eigenvalue weighted by Gasteiger charge is 2.60. The molecule has 0 radical (unpaired) electrons. The van der Waals surface area contributed by atoms with Crippen molar-refractivity contribution in [1.29, 1.82) is 0 Å². The summed E-state index contributed by atoms with van der Waals surface area (Å²) in [6.45, 7) is 0.192. The fourth-order valence-corrected chi connectivity index (χ4v) is 4.74. The van der Waals surface area contributed by atoms with Gasteiger partial charge in [0.2, 0.25) is 11.6 Å². The van der Waals surface area contributed by atoms with E-state index in [0.717, 1.165) is 5.56 Å². The summed E-state index contributed by atoms with van der Waals surface area (Å²) in [5.74, 6) is -0.425. The molecule has 2 aliphatic rings. The molecule has 0 aromatic heterocycles. The molecule has 5 rings (SSSR count). The zero-order valence-electron chi connectivity index (χ0n) is 18.2. The average molecular weight is 441 g/mol. The summed E-state index contributed by atoms with van der Waals surface area (Å²) in [5.41, 5.74) is 0.728. The number of nitrogens with one attached hydrogen (secondary N) is 1. The SMILES string of the molecule is COc1ccccc1NC(=O)[C@]12CCC(=O)N1c1ccccc1C(=O)N2Cc1ccccc1. The van der Waals surface area contributed by atoms with E-state index in [0.29, 0.717) is 22.7 Å². The first-order valence-corrected chi connectivity index (χ1v) is 10.8. The van der Waals surface area contributed by atoms with Crippen LogP contribution in [-0.4, -0.2) is 35.4 Å². The summed E-state index contributed by atoms with van der Waals surface area (Å²) in [6, 6.07) is 23.5. The van der Waals surface area contributed by atoms with E-state index in [1.54, 1.807) is 48.5 Å². The average Bonchev–Trinajstić information content (AvgIpc) is 3.21. The van der Waals surface area contributed by atoms with E-state index in [-0.39, 0.29) is 31.2 Å². The number of benzene rings is 3. The number of carbonyl (C=O) groups excluding carboxylic acids is 3. The molecule has 0 bridgehead atoms. The third-order valence-electron chi connectivity index (χ3n) is 6.28. The van der Waals surface area contributed by atoms with Crippen LogP contribution in [0.3, 0.4) is 0 Å². The highest BCUT2D eigenvalue weighted by Crippen LogP contribution is 2.46. The van der Waals surface area contributed by atoms with Gasteiger partial charge < -0.3 is 15.0 Å². The van der Waals surface area contributed by atoms with Crippen molar-refractivity contribution in [2.45, 2.75) is 25.0 Å². The van der Waals surface area contributed by atoms with Gasteiger partial charge in [-0.1, -0.05) is 54.6 Å². The summed E-state index contributed by atoms with van der Waals surface area (Å²) in [7, 11) is 1.52. The van der Waals surface area contributed by atoms with Gasteiger partial charge >= 0.3 is 0 Å². The van der Waals surface area contributed by atoms with E-state index in [2.05, 4.69) is 5.32 Å². The molecule has 0 aliphatic carbocycles. The zero-order valence-corrected chi connectivity index (χ0v) is 18.2. The van der Waals surface area contributed by atoms with Crippen molar-refractivity contribution in [3.8, 4) is 5.75 Å². The lowest BCUT2D eigenvalue weighted by Gasteiger charge is -2.49. The van der Waals surface area contributed by atoms with Gasteiger partial charge in [0.05, 0.1) is 24.0 Å². The van der Waals surface area contributed by atoms with Gasteiger partial charge in [0.15, 0.2) is 0 Å². The van der Waals surface area contributed by atoms with Crippen LogP contribution in [0.5, 0.6) is 5.75 Å². The molecule has 0 saturated carbocycles. The predicted molar refractivity (Wildman–Crippen MR) is 124 cm³/mol. The monoisotopic (exact) mass is 441 g/mol. The number of methoxy groups -OCH3 is 1. The molecule has 3 aromatic rings. The molecule has 166 valence electrons. The largest absolute Gasteiger partial charge is 0.495 e. The number of ether oxygens (including phenoxy) is 1. The third-order valence-corrected chi connectivity index (χ3v) is 6.28. The Kier molecular flexibility index (Phi) is 5.09. The van der Waals surface area contributed by atoms with Gasteiger partial charge in [-0.2, -0.15) is 0 Å². The first-order valence-electron chi connectivity index (χ1n) is 10.8. The number of anilines is 2. The van der Waals surface area contributed by atoms with Crippen molar-refractivity contribution in [1.82, 2.24) is 4.90 Å². The Hall–Kier alpha value is -4.13. The predicted octanol–water partition coefficient (Wildman–Crippen LogP) is 3.81. The third kappa shape index (κ3) is 3.24. The Morgan fingerprint density at radius 1 is 0.970 bits per heavy atom. The number of hydrogen-bond donors (Lipinski definition) is 1. The smallest absolute Gasteiger partial charge is 0.271 e. The van der Waals surface area contributed by atoms with Crippen LogP contribution < -0.4 is 15.0 Å². The standard InChI is InChI=1S/C26H23N3O4/c1-33-22-14-8-6-12-20(22)27-25(32)26-16-15-23(30)29(26)21-13-7-5-11-19(21)24(31)28(26)17-18-9-3-2-4-10-18/h2-14H,15-17H2,1H3,(H,27,32)/t26-/m0/s1. The molecule has 3 amide bonds. The van der Waals surface area contributed by atoms with E-state index in [1.165, 1.54) is 16.9 Å². The lowest BCUT2D eigenvalue weighted by Crippen LogP contribution is -2.69. The maximum Gasteiger partial charge on any atom is 0.271 e. The Labute approximate surface area is 191 Å². The Balaban J connectivity index is 1.65. The number of nitrogens with zero attached hydrogens (tertiary/aromatic N) is 2. The number of fused-ring (bicyclic) bond motifs is 3. The van der Waals surface area contributed by atoms with Crippen LogP contribution in [0, 0.1) is 0 Å². The number of hydrogen-bond acceptors (Lipinski definition) is 4. The van der Waals surface area contributed by atoms with Gasteiger partial charge in [0, 0.05) is 19.4 Å². The summed E-state index contributed by atoms with van der Waals surface area (Å²) in [5, 5.41) is 2.93. The Bertz CT molecular complexity index is 1240. The summed E-state index contributed by atoms with van der Waals surface area (Å²) in [6.07, 6.45) is 0.353. The fraction of sp³-hybridized carbons (Fsp3) is 0.192. The molecule has 2 aliphatic heterocycles. The molecule has 1 atom stereocenters. The van der Waals surface area contributed by atoms with Crippen LogP contribution in [-0.2, 0) is 16.1 Å². The highest BCUT2D eigenvalue weighted by molar-refractivity contribution is 6.18. The fourth-order valence-electron chi connectivity index (χ4n) is 4.74. The minimum Gasteiger partial charge on any atom is -0.495 e. The van der Waals surface area contributed by atoms with Crippen LogP contribution >= 0.6 is 0 Å². The lowest BCUT2D eigenvalue weighted by molar-refractivity contribution is -0.129. The van der Waals surface area contributed by atoms with E-state index in [1.807, 2.05) is 30.3 Å². The van der Waals surface area contributed by atoms with Crippen LogP contribution in [0.4, 0.5) is 11.4 Å². The van der Waals surface area contributed by atoms with Gasteiger partial charge in [-0.3, -0.25) is 19.3 Å². The van der Waals surface area contributed by atoms with Crippen molar-refractivity contribution >= 4 is 29.1 Å². The quantitative estimate of drug-likeness (QED) is 0.653. The van der Waals surface area contributed by atoms with Gasteiger partial charge in [-0.15, -0.1) is 0 Å². The minimum absolute atomic E-state index is 0.159. The number of carbonyl (C=O) groups is 3. The maximum atomic E-state index is 14.0. The molecular formula is C26H23N3O4. The van der Waals surface area contributed by atoms with Crippen molar-refractivity contribution in [2.24, 2.45) is 0 Å². The van der Waals surface area contributed by atoms with E-state index in [9.17, 15) is 14.4 Å². The maximum absolute atomic E-state index is 14.0. The van der Waals surface area contributed by atoms with E-state index in [4.69, 9.17) is 4.74 Å². The minimum atomic E-state index is -1.49. The van der Waals surface area contributed by atoms with Crippen molar-refractivity contribution in [2.75, 3.05) is 17.3 Å². The molecular weight excluding hydrogens is 418 g/mol. The normalized spacial score (nSPS) is 19.2. The Morgan fingerprint density at radius 3 is 2.45 bits per heavy atom. The molecule has 3 aromatic carbocycles. The van der Waals surface area contributed by atoms with Crippen LogP contribution in [0.1, 0.15) is 28.8 Å². The van der Waals surface area contributed by atoms with Crippen molar-refractivity contribution in [3.63, 3.8) is 0 Å². The molecule has 7 heteroatoms. The first kappa shape index (κ1) is 20.8. The molecule has 0 spiro atoms. The van der Waals surface area contributed by atoms with Crippen LogP contribution in [0.2, 0.25) is 0 Å². The summed E-state index contributed by atoms with van der Waals surface area (Å²) >= 11 is 0. The number of rotatable bonds is 5. The number of para-hydroxylation sites is 3. The summed E-state index contributed by atoms with van der Waals surface area (Å²) in [4.78, 5) is 43.9. The number of amides is 3. The van der Waals surface area contributed by atoms with Crippen molar-refractivity contribution < 1.29 is 19.1 Å². The van der Waals surface area contributed by atoms with Crippen molar-refractivity contribution in [3.05, 3.63) is 90.0 Å². The molecule has 7 nitrogen and oxygen atoms in total. The van der Waals surface area contributed by atoms with Gasteiger partial charge in [-0.25, -0.2) is 0 Å². The second-order valence-corrected chi connectivity index (χ2v) is 8.09. The lowest BCUT2D eigenvalue weighted by atomic mass is 9.94. The van der Waals surface area contributed by atoms with E-state index < -0.39 is 11.6 Å². The van der Waals surface area contributed by atoms with Gasteiger partial charge in [0.1, 0.15) is 5.75 Å².